The molecule has 0 unspecified atom stereocenters. The normalized spacial score (nSPS) is 13.6. The SMILES string of the molecule is CCn1nc(C)cc1NC(=O)[C@H](Cc1ccccc1)n1cnc(-c2cc(Cl)ccc2N2C=C(Cl)NN2)cc1=O. The molecule has 3 N–H and O–H groups in total. The van der Waals surface area contributed by atoms with Crippen LogP contribution < -0.4 is 26.8 Å². The molecule has 10 nitrogen and oxygen atoms in total. The zero-order chi connectivity index (χ0) is 27.5. The number of rotatable bonds is 8. The summed E-state index contributed by atoms with van der Waals surface area (Å²) in [6.45, 7) is 4.39. The topological polar surface area (TPSA) is 109 Å². The van der Waals surface area contributed by atoms with Crippen LogP contribution >= 0.6 is 23.2 Å². The van der Waals surface area contributed by atoms with Crippen molar-refractivity contribution in [1.29, 1.82) is 0 Å². The van der Waals surface area contributed by atoms with Crippen LogP contribution in [0.5, 0.6) is 0 Å². The maximum atomic E-state index is 13.6. The Morgan fingerprint density at radius 2 is 1.90 bits per heavy atom. The Bertz CT molecular complexity index is 1600. The van der Waals surface area contributed by atoms with E-state index in [1.165, 1.54) is 17.0 Å². The van der Waals surface area contributed by atoms with Crippen LogP contribution in [0.25, 0.3) is 11.3 Å². The molecule has 1 aliphatic rings. The molecule has 3 heterocycles. The molecule has 2 aromatic heterocycles. The fourth-order valence-corrected chi connectivity index (χ4v) is 4.70. The first-order valence-electron chi connectivity index (χ1n) is 12.3. The highest BCUT2D eigenvalue weighted by molar-refractivity contribution is 6.31. The number of hydrogen-bond acceptors (Lipinski definition) is 7. The monoisotopic (exact) mass is 564 g/mol. The summed E-state index contributed by atoms with van der Waals surface area (Å²) in [5, 5.41) is 9.88. The lowest BCUT2D eigenvalue weighted by atomic mass is 10.0. The number of hydrogen-bond donors (Lipinski definition) is 3. The molecule has 0 spiro atoms. The second kappa shape index (κ2) is 11.3. The van der Waals surface area contributed by atoms with Gasteiger partial charge in [0.25, 0.3) is 5.56 Å². The second-order valence-corrected chi connectivity index (χ2v) is 9.79. The summed E-state index contributed by atoms with van der Waals surface area (Å²) in [6.07, 6.45) is 3.34. The average molecular weight is 565 g/mol. The van der Waals surface area contributed by atoms with Crippen LogP contribution in [0.2, 0.25) is 5.02 Å². The number of anilines is 2. The molecule has 0 bridgehead atoms. The lowest BCUT2D eigenvalue weighted by Crippen LogP contribution is -2.36. The van der Waals surface area contributed by atoms with Crippen LogP contribution in [0.15, 0.2) is 83.1 Å². The Kier molecular flexibility index (Phi) is 7.69. The Labute approximate surface area is 234 Å². The van der Waals surface area contributed by atoms with Crippen molar-refractivity contribution in [1.82, 2.24) is 30.3 Å². The minimum Gasteiger partial charge on any atom is -0.309 e. The molecule has 39 heavy (non-hydrogen) atoms. The smallest absolute Gasteiger partial charge is 0.254 e. The van der Waals surface area contributed by atoms with E-state index in [1.807, 2.05) is 44.2 Å². The zero-order valence-corrected chi connectivity index (χ0v) is 22.7. The number of aryl methyl sites for hydroxylation is 2. The predicted molar refractivity (Wildman–Crippen MR) is 152 cm³/mol. The van der Waals surface area contributed by atoms with Gasteiger partial charge in [-0.05, 0) is 37.6 Å². The van der Waals surface area contributed by atoms with Crippen LogP contribution in [0, 0.1) is 6.92 Å². The number of nitrogens with zero attached hydrogens (tertiary/aromatic N) is 5. The Morgan fingerprint density at radius 1 is 1.10 bits per heavy atom. The third-order valence-electron chi connectivity index (χ3n) is 6.23. The largest absolute Gasteiger partial charge is 0.309 e. The van der Waals surface area contributed by atoms with Crippen molar-refractivity contribution in [2.24, 2.45) is 0 Å². The van der Waals surface area contributed by atoms with Gasteiger partial charge < -0.3 is 5.32 Å². The predicted octanol–water partition coefficient (Wildman–Crippen LogP) is 4.38. The number of carbonyl (C=O) groups is 1. The molecule has 4 aromatic rings. The molecule has 12 heteroatoms. The van der Waals surface area contributed by atoms with Gasteiger partial charge in [0.2, 0.25) is 5.91 Å². The summed E-state index contributed by atoms with van der Waals surface area (Å²) in [5.41, 5.74) is 8.69. The molecular weight excluding hydrogens is 539 g/mol. The van der Waals surface area contributed by atoms with Gasteiger partial charge in [0, 0.05) is 35.7 Å². The van der Waals surface area contributed by atoms with Gasteiger partial charge in [0.05, 0.1) is 29.6 Å². The number of carbonyl (C=O) groups excluding carboxylic acids is 1. The summed E-state index contributed by atoms with van der Waals surface area (Å²) >= 11 is 12.3. The molecule has 2 aromatic carbocycles. The Morgan fingerprint density at radius 3 is 2.59 bits per heavy atom. The van der Waals surface area contributed by atoms with Crippen LogP contribution in [0.1, 0.15) is 24.2 Å². The number of benzene rings is 2. The summed E-state index contributed by atoms with van der Waals surface area (Å²) in [5.74, 6) is 0.221. The minimum absolute atomic E-state index is 0.294. The zero-order valence-electron chi connectivity index (χ0n) is 21.2. The van der Waals surface area contributed by atoms with Crippen molar-refractivity contribution in [3.8, 4) is 11.3 Å². The van der Waals surface area contributed by atoms with E-state index in [2.05, 4.69) is 26.4 Å². The maximum absolute atomic E-state index is 13.6. The molecular formula is C27H26Cl2N8O2. The van der Waals surface area contributed by atoms with Crippen LogP contribution in [-0.2, 0) is 17.8 Å². The molecule has 1 atom stereocenters. The van der Waals surface area contributed by atoms with Gasteiger partial charge in [0.1, 0.15) is 17.0 Å². The number of amides is 1. The molecule has 0 saturated heterocycles. The summed E-state index contributed by atoms with van der Waals surface area (Å²) in [4.78, 5) is 31.7. The van der Waals surface area contributed by atoms with Crippen LogP contribution in [0.4, 0.5) is 11.5 Å². The van der Waals surface area contributed by atoms with Crippen molar-refractivity contribution in [3.05, 3.63) is 105 Å². The van der Waals surface area contributed by atoms with E-state index in [-0.39, 0.29) is 11.5 Å². The van der Waals surface area contributed by atoms with Gasteiger partial charge in [-0.1, -0.05) is 53.5 Å². The van der Waals surface area contributed by atoms with Gasteiger partial charge in [-0.25, -0.2) is 9.67 Å². The third kappa shape index (κ3) is 5.83. The summed E-state index contributed by atoms with van der Waals surface area (Å²) in [7, 11) is 0. The number of aromatic nitrogens is 4. The van der Waals surface area contributed by atoms with E-state index in [1.54, 1.807) is 40.2 Å². The van der Waals surface area contributed by atoms with E-state index in [4.69, 9.17) is 23.2 Å². The molecule has 5 rings (SSSR count). The highest BCUT2D eigenvalue weighted by Gasteiger charge is 2.25. The molecule has 0 saturated carbocycles. The quantitative estimate of drug-likeness (QED) is 0.272. The Balaban J connectivity index is 1.52. The number of nitrogens with one attached hydrogen (secondary N) is 3. The molecule has 1 amide bonds. The molecule has 1 aliphatic heterocycles. The number of hydrazine groups is 2. The molecule has 0 radical (unpaired) electrons. The summed E-state index contributed by atoms with van der Waals surface area (Å²) < 4.78 is 3.06. The highest BCUT2D eigenvalue weighted by atomic mass is 35.5. The molecule has 0 aliphatic carbocycles. The first-order chi connectivity index (χ1) is 18.8. The molecule has 0 fully saturated rings. The highest BCUT2D eigenvalue weighted by Crippen LogP contribution is 2.32. The van der Waals surface area contributed by atoms with Crippen molar-refractivity contribution >= 4 is 40.6 Å². The number of halogens is 2. The lowest BCUT2D eigenvalue weighted by Gasteiger charge is -2.21. The van der Waals surface area contributed by atoms with Crippen molar-refractivity contribution in [2.45, 2.75) is 32.9 Å². The van der Waals surface area contributed by atoms with E-state index < -0.39 is 6.04 Å². The third-order valence-corrected chi connectivity index (χ3v) is 6.66. The van der Waals surface area contributed by atoms with Crippen molar-refractivity contribution in [3.63, 3.8) is 0 Å². The Hall–Kier alpha value is -4.12. The fraction of sp³-hybridized carbons (Fsp3) is 0.185. The standard InChI is InChI=1S/C27H26Cl2N8O2/c1-3-36-25(11-17(2)33-36)31-27(39)23(12-18-7-5-4-6-8-18)35-16-30-21(14-26(35)38)20-13-19(28)9-10-22(20)37-15-24(29)32-34-37/h4-11,13-16,23,32,34H,3,12H2,1-2H3,(H,31,39)/t23-/m0/s1. The average Bonchev–Trinajstić information content (AvgIpc) is 3.52. The van der Waals surface area contributed by atoms with Gasteiger partial charge in [-0.2, -0.15) is 5.10 Å². The van der Waals surface area contributed by atoms with E-state index in [0.29, 0.717) is 45.9 Å². The van der Waals surface area contributed by atoms with Crippen LogP contribution in [-0.4, -0.2) is 25.2 Å². The van der Waals surface area contributed by atoms with E-state index >= 15 is 0 Å². The lowest BCUT2D eigenvalue weighted by molar-refractivity contribution is -0.119. The van der Waals surface area contributed by atoms with Crippen molar-refractivity contribution < 1.29 is 4.79 Å². The summed E-state index contributed by atoms with van der Waals surface area (Å²) in [6, 6.07) is 17.1. The second-order valence-electron chi connectivity index (χ2n) is 8.95. The first-order valence-corrected chi connectivity index (χ1v) is 13.0. The van der Waals surface area contributed by atoms with Gasteiger partial charge in [0.15, 0.2) is 0 Å². The fourth-order valence-electron chi connectivity index (χ4n) is 4.39. The van der Waals surface area contributed by atoms with E-state index in [0.717, 1.165) is 11.3 Å². The maximum Gasteiger partial charge on any atom is 0.254 e. The van der Waals surface area contributed by atoms with Crippen molar-refractivity contribution in [2.75, 3.05) is 10.3 Å². The van der Waals surface area contributed by atoms with Gasteiger partial charge >= 0.3 is 0 Å². The van der Waals surface area contributed by atoms with Crippen LogP contribution in [0.3, 0.4) is 0 Å². The molecule has 200 valence electrons. The van der Waals surface area contributed by atoms with Gasteiger partial charge in [-0.15, -0.1) is 5.53 Å². The van der Waals surface area contributed by atoms with E-state index in [9.17, 15) is 9.59 Å². The minimum atomic E-state index is -0.855. The van der Waals surface area contributed by atoms with Gasteiger partial charge in [-0.3, -0.25) is 24.6 Å². The first kappa shape index (κ1) is 26.5.